The second-order valence-electron chi connectivity index (χ2n) is 6.18. The summed E-state index contributed by atoms with van der Waals surface area (Å²) in [5, 5.41) is 11.4. The lowest BCUT2D eigenvalue weighted by atomic mass is 10.1. The summed E-state index contributed by atoms with van der Waals surface area (Å²) in [6.45, 7) is 2.55. The highest BCUT2D eigenvalue weighted by Crippen LogP contribution is 2.29. The molecular formula is C20H20N4O3. The zero-order chi connectivity index (χ0) is 19.2. The molecule has 27 heavy (non-hydrogen) atoms. The number of fused-ring (bicyclic) bond motifs is 1. The first-order chi connectivity index (χ1) is 13.1. The van der Waals surface area contributed by atoms with Crippen LogP contribution < -0.4 is 15.0 Å². The number of hydrogen-bond acceptors (Lipinski definition) is 5. The summed E-state index contributed by atoms with van der Waals surface area (Å²) >= 11 is 0. The van der Waals surface area contributed by atoms with Crippen LogP contribution in [0.15, 0.2) is 36.5 Å². The smallest absolute Gasteiger partial charge is 0.256 e. The number of benzene rings is 1. The number of rotatable bonds is 6. The first-order valence-electron chi connectivity index (χ1n) is 8.77. The third-order valence-corrected chi connectivity index (χ3v) is 4.31. The van der Waals surface area contributed by atoms with Crippen LogP contribution in [0.2, 0.25) is 0 Å². The Labute approximate surface area is 157 Å². The lowest BCUT2D eigenvalue weighted by Crippen LogP contribution is -2.25. The largest absolute Gasteiger partial charge is 0.490 e. The van der Waals surface area contributed by atoms with Gasteiger partial charge in [-0.1, -0.05) is 0 Å². The number of carbonyl (C=O) groups is 2. The van der Waals surface area contributed by atoms with E-state index in [2.05, 4.69) is 16.4 Å². The Morgan fingerprint density at radius 3 is 3.00 bits per heavy atom. The highest BCUT2D eigenvalue weighted by molar-refractivity contribution is 6.05. The van der Waals surface area contributed by atoms with E-state index in [9.17, 15) is 9.59 Å². The summed E-state index contributed by atoms with van der Waals surface area (Å²) in [7, 11) is 0. The minimum atomic E-state index is -0.292. The average molecular weight is 364 g/mol. The van der Waals surface area contributed by atoms with Gasteiger partial charge < -0.3 is 15.0 Å². The molecule has 2 amide bonds. The Kier molecular flexibility index (Phi) is 5.67. The molecule has 0 bridgehead atoms. The topological polar surface area (TPSA) is 95.3 Å². The SMILES string of the molecule is CC(=O)N1CCc2cc(C(=O)Nc3ncccc3OCCCC#N)ccc21. The van der Waals surface area contributed by atoms with Crippen LogP contribution in [0.4, 0.5) is 11.5 Å². The maximum atomic E-state index is 12.6. The molecule has 0 fully saturated rings. The minimum absolute atomic E-state index is 0.00220. The Hall–Kier alpha value is -3.40. The van der Waals surface area contributed by atoms with E-state index in [0.717, 1.165) is 17.7 Å². The molecule has 0 saturated heterocycles. The molecule has 0 atom stereocenters. The standard InChI is InChI=1S/C20H20N4O3/c1-14(25)24-11-8-15-13-16(6-7-17(15)24)20(26)23-19-18(5-4-10-22-19)27-12-3-2-9-21/h4-7,10,13H,2-3,8,11-12H2,1H3,(H,22,23,26). The molecule has 2 aromatic rings. The fourth-order valence-corrected chi connectivity index (χ4v) is 2.98. The molecule has 0 saturated carbocycles. The fourth-order valence-electron chi connectivity index (χ4n) is 2.98. The van der Waals surface area contributed by atoms with Gasteiger partial charge in [-0.2, -0.15) is 5.26 Å². The molecule has 1 N–H and O–H groups in total. The van der Waals surface area contributed by atoms with E-state index >= 15 is 0 Å². The van der Waals surface area contributed by atoms with Crippen LogP contribution in [0.5, 0.6) is 5.75 Å². The van der Waals surface area contributed by atoms with Crippen LogP contribution >= 0.6 is 0 Å². The van der Waals surface area contributed by atoms with E-state index in [0.29, 0.717) is 43.1 Å². The lowest BCUT2D eigenvalue weighted by Gasteiger charge is -2.15. The summed E-state index contributed by atoms with van der Waals surface area (Å²) in [4.78, 5) is 30.2. The molecule has 0 spiro atoms. The van der Waals surface area contributed by atoms with E-state index in [1.54, 1.807) is 35.4 Å². The van der Waals surface area contributed by atoms with Crippen molar-refractivity contribution < 1.29 is 14.3 Å². The number of nitrogens with zero attached hydrogens (tertiary/aromatic N) is 3. The molecule has 7 nitrogen and oxygen atoms in total. The third kappa shape index (κ3) is 4.23. The Morgan fingerprint density at radius 2 is 2.22 bits per heavy atom. The van der Waals surface area contributed by atoms with E-state index in [-0.39, 0.29) is 11.8 Å². The van der Waals surface area contributed by atoms with Gasteiger partial charge in [0.25, 0.3) is 5.91 Å². The van der Waals surface area contributed by atoms with Gasteiger partial charge in [0, 0.05) is 37.3 Å². The maximum Gasteiger partial charge on any atom is 0.256 e. The quantitative estimate of drug-likeness (QED) is 0.795. The van der Waals surface area contributed by atoms with Crippen LogP contribution in [0.1, 0.15) is 35.7 Å². The van der Waals surface area contributed by atoms with E-state index < -0.39 is 0 Å². The highest BCUT2D eigenvalue weighted by atomic mass is 16.5. The van der Waals surface area contributed by atoms with Crippen molar-refractivity contribution in [1.29, 1.82) is 5.26 Å². The fraction of sp³-hybridized carbons (Fsp3) is 0.300. The number of hydrogen-bond donors (Lipinski definition) is 1. The molecule has 138 valence electrons. The minimum Gasteiger partial charge on any atom is -0.490 e. The van der Waals surface area contributed by atoms with Crippen molar-refractivity contribution >= 4 is 23.3 Å². The summed E-state index contributed by atoms with van der Waals surface area (Å²) in [6, 6.07) is 10.8. The van der Waals surface area contributed by atoms with Crippen molar-refractivity contribution in [2.45, 2.75) is 26.2 Å². The Balaban J connectivity index is 1.71. The van der Waals surface area contributed by atoms with Gasteiger partial charge in [0.1, 0.15) is 0 Å². The average Bonchev–Trinajstić information content (AvgIpc) is 3.10. The van der Waals surface area contributed by atoms with Gasteiger partial charge in [-0.3, -0.25) is 9.59 Å². The zero-order valence-corrected chi connectivity index (χ0v) is 15.1. The molecule has 0 unspecified atom stereocenters. The van der Waals surface area contributed by atoms with Crippen LogP contribution in [0.25, 0.3) is 0 Å². The van der Waals surface area contributed by atoms with E-state index in [1.807, 2.05) is 6.07 Å². The lowest BCUT2D eigenvalue weighted by molar-refractivity contribution is -0.116. The van der Waals surface area contributed by atoms with Gasteiger partial charge in [-0.25, -0.2) is 4.98 Å². The van der Waals surface area contributed by atoms with Crippen molar-refractivity contribution in [3.05, 3.63) is 47.7 Å². The molecule has 1 aliphatic rings. The van der Waals surface area contributed by atoms with Crippen molar-refractivity contribution in [2.75, 3.05) is 23.4 Å². The van der Waals surface area contributed by atoms with Crippen LogP contribution in [0, 0.1) is 11.3 Å². The number of pyridine rings is 1. The molecule has 1 aromatic carbocycles. The molecule has 0 aliphatic carbocycles. The monoisotopic (exact) mass is 364 g/mol. The van der Waals surface area contributed by atoms with Gasteiger partial charge in [0.15, 0.2) is 11.6 Å². The molecule has 2 heterocycles. The number of nitrogens with one attached hydrogen (secondary N) is 1. The number of nitriles is 1. The number of carbonyl (C=O) groups excluding carboxylic acids is 2. The van der Waals surface area contributed by atoms with Gasteiger partial charge in [-0.05, 0) is 48.7 Å². The zero-order valence-electron chi connectivity index (χ0n) is 15.1. The predicted octanol–water partition coefficient (Wildman–Crippen LogP) is 2.93. The predicted molar refractivity (Wildman–Crippen MR) is 101 cm³/mol. The number of aromatic nitrogens is 1. The van der Waals surface area contributed by atoms with E-state index in [4.69, 9.17) is 10.00 Å². The van der Waals surface area contributed by atoms with Crippen molar-refractivity contribution in [2.24, 2.45) is 0 Å². The maximum absolute atomic E-state index is 12.6. The number of ether oxygens (including phenoxy) is 1. The molecular weight excluding hydrogens is 344 g/mol. The Morgan fingerprint density at radius 1 is 1.37 bits per heavy atom. The number of amides is 2. The van der Waals surface area contributed by atoms with Crippen LogP contribution in [-0.2, 0) is 11.2 Å². The third-order valence-electron chi connectivity index (χ3n) is 4.31. The summed E-state index contributed by atoms with van der Waals surface area (Å²) in [5.41, 5.74) is 2.34. The van der Waals surface area contributed by atoms with Crippen molar-refractivity contribution in [3.8, 4) is 11.8 Å². The van der Waals surface area contributed by atoms with Crippen LogP contribution in [0.3, 0.4) is 0 Å². The van der Waals surface area contributed by atoms with Gasteiger partial charge in [-0.15, -0.1) is 0 Å². The van der Waals surface area contributed by atoms with Crippen LogP contribution in [-0.4, -0.2) is 29.9 Å². The molecule has 1 aliphatic heterocycles. The molecule has 0 radical (unpaired) electrons. The summed E-state index contributed by atoms with van der Waals surface area (Å²) in [6.07, 6.45) is 3.32. The number of unbranched alkanes of at least 4 members (excludes halogenated alkanes) is 1. The van der Waals surface area contributed by atoms with Gasteiger partial charge in [0.05, 0.1) is 12.7 Å². The summed E-state index contributed by atoms with van der Waals surface area (Å²) in [5.74, 6) is 0.510. The van der Waals surface area contributed by atoms with Crippen molar-refractivity contribution in [3.63, 3.8) is 0 Å². The highest BCUT2D eigenvalue weighted by Gasteiger charge is 2.23. The normalized spacial score (nSPS) is 12.2. The first-order valence-corrected chi connectivity index (χ1v) is 8.77. The van der Waals surface area contributed by atoms with Crippen molar-refractivity contribution in [1.82, 2.24) is 4.98 Å². The summed E-state index contributed by atoms with van der Waals surface area (Å²) < 4.78 is 5.62. The molecule has 3 rings (SSSR count). The first kappa shape index (κ1) is 18.4. The molecule has 7 heteroatoms. The number of anilines is 2. The molecule has 1 aromatic heterocycles. The Bertz CT molecular complexity index is 904. The van der Waals surface area contributed by atoms with Gasteiger partial charge >= 0.3 is 0 Å². The van der Waals surface area contributed by atoms with Gasteiger partial charge in [0.2, 0.25) is 5.91 Å². The second-order valence-corrected chi connectivity index (χ2v) is 6.18. The second kappa shape index (κ2) is 8.32. The van der Waals surface area contributed by atoms with E-state index in [1.165, 1.54) is 6.92 Å².